The van der Waals surface area contributed by atoms with Gasteiger partial charge in [-0.2, -0.15) is 0 Å². The minimum absolute atomic E-state index is 0. The van der Waals surface area contributed by atoms with Crippen LogP contribution in [0.25, 0.3) is 0 Å². The summed E-state index contributed by atoms with van der Waals surface area (Å²) >= 11 is 0. The highest BCUT2D eigenvalue weighted by molar-refractivity contribution is 5.94. The molecular formula is C35H57IN2O2. The molecule has 0 atom stereocenters. The molecule has 2 aromatic rings. The van der Waals surface area contributed by atoms with Crippen molar-refractivity contribution in [1.29, 1.82) is 0 Å². The molecular weight excluding hydrogens is 607 g/mol. The lowest BCUT2D eigenvalue weighted by molar-refractivity contribution is -0.701. The van der Waals surface area contributed by atoms with Crippen LogP contribution in [0.2, 0.25) is 0 Å². The topological polar surface area (TPSA) is 42.2 Å². The van der Waals surface area contributed by atoms with Gasteiger partial charge in [0, 0.05) is 23.3 Å². The summed E-state index contributed by atoms with van der Waals surface area (Å²) in [4.78, 5) is 13.0. The van der Waals surface area contributed by atoms with Crippen molar-refractivity contribution >= 4 is 5.91 Å². The Balaban J connectivity index is 0.00000800. The van der Waals surface area contributed by atoms with Gasteiger partial charge >= 0.3 is 0 Å². The molecule has 0 aliphatic heterocycles. The molecule has 5 heteroatoms. The molecule has 0 saturated heterocycles. The molecule has 0 aliphatic carbocycles. The van der Waals surface area contributed by atoms with Crippen LogP contribution in [0.4, 0.5) is 0 Å². The van der Waals surface area contributed by atoms with Crippen LogP contribution >= 0.6 is 0 Å². The summed E-state index contributed by atoms with van der Waals surface area (Å²) in [6.45, 7) is 13.1. The van der Waals surface area contributed by atoms with E-state index in [1.807, 2.05) is 36.5 Å². The number of nitrogens with one attached hydrogen (secondary N) is 1. The van der Waals surface area contributed by atoms with Crippen LogP contribution in [-0.4, -0.2) is 12.5 Å². The van der Waals surface area contributed by atoms with E-state index in [9.17, 15) is 4.79 Å². The predicted octanol–water partition coefficient (Wildman–Crippen LogP) is 6.09. The first-order chi connectivity index (χ1) is 18.9. The average Bonchev–Trinajstić information content (AvgIpc) is 2.93. The van der Waals surface area contributed by atoms with Gasteiger partial charge in [0.2, 0.25) is 5.69 Å². The predicted molar refractivity (Wildman–Crippen MR) is 164 cm³/mol. The van der Waals surface area contributed by atoms with Gasteiger partial charge in [-0.15, -0.1) is 0 Å². The van der Waals surface area contributed by atoms with Gasteiger partial charge in [-0.1, -0.05) is 117 Å². The molecule has 0 fully saturated rings. The fourth-order valence-electron chi connectivity index (χ4n) is 5.12. The Hall–Kier alpha value is -1.63. The summed E-state index contributed by atoms with van der Waals surface area (Å²) in [5.41, 5.74) is 2.76. The molecule has 1 aromatic carbocycles. The van der Waals surface area contributed by atoms with Crippen LogP contribution in [0.15, 0.2) is 42.6 Å². The summed E-state index contributed by atoms with van der Waals surface area (Å²) in [6.07, 6.45) is 21.0. The summed E-state index contributed by atoms with van der Waals surface area (Å²) in [7, 11) is 0. The standard InChI is InChI=1S/C35H56N2O2.HI/c1-6-8-9-10-11-12-13-14-15-16-17-18-19-22-27-39-33-25-24-30(28-32(33)35(3,4)5)34(38)36-29-31-23-20-21-26-37(31)7-2;/h20-21,23-26,28H,6-19,22,27,29H2,1-5H3;1H. The van der Waals surface area contributed by atoms with E-state index in [2.05, 4.69) is 50.6 Å². The van der Waals surface area contributed by atoms with Crippen LogP contribution in [-0.2, 0) is 18.5 Å². The van der Waals surface area contributed by atoms with Crippen molar-refractivity contribution < 1.29 is 38.1 Å². The summed E-state index contributed by atoms with van der Waals surface area (Å²) < 4.78 is 8.38. The Kier molecular flexibility index (Phi) is 19.2. The number of ether oxygens (including phenoxy) is 1. The molecule has 0 radical (unpaired) electrons. The quantitative estimate of drug-likeness (QED) is 0.106. The van der Waals surface area contributed by atoms with Gasteiger partial charge < -0.3 is 34.0 Å². The van der Waals surface area contributed by atoms with E-state index in [0.29, 0.717) is 12.1 Å². The molecule has 1 heterocycles. The van der Waals surface area contributed by atoms with Crippen molar-refractivity contribution in [1.82, 2.24) is 5.32 Å². The van der Waals surface area contributed by atoms with Gasteiger partial charge in [0.1, 0.15) is 18.8 Å². The molecule has 1 N–H and O–H groups in total. The minimum atomic E-state index is -0.105. The zero-order chi connectivity index (χ0) is 28.3. The molecule has 1 amide bonds. The van der Waals surface area contributed by atoms with Crippen molar-refractivity contribution in [2.45, 2.75) is 143 Å². The summed E-state index contributed by atoms with van der Waals surface area (Å²) in [5, 5.41) is 3.09. The van der Waals surface area contributed by atoms with Gasteiger partial charge in [-0.3, -0.25) is 4.79 Å². The molecule has 40 heavy (non-hydrogen) atoms. The molecule has 0 saturated carbocycles. The number of amides is 1. The number of benzene rings is 1. The van der Waals surface area contributed by atoms with Crippen molar-refractivity contribution in [2.24, 2.45) is 0 Å². The zero-order valence-electron chi connectivity index (χ0n) is 26.2. The van der Waals surface area contributed by atoms with E-state index in [4.69, 9.17) is 4.74 Å². The number of nitrogens with zero attached hydrogens (tertiary/aromatic N) is 1. The van der Waals surface area contributed by atoms with Crippen LogP contribution < -0.4 is 38.6 Å². The maximum absolute atomic E-state index is 13.0. The first kappa shape index (κ1) is 36.4. The van der Waals surface area contributed by atoms with Gasteiger partial charge in [-0.05, 0) is 37.0 Å². The zero-order valence-corrected chi connectivity index (χ0v) is 28.4. The second kappa shape index (κ2) is 21.1. The van der Waals surface area contributed by atoms with Gasteiger partial charge in [0.25, 0.3) is 5.91 Å². The van der Waals surface area contributed by atoms with Gasteiger partial charge in [-0.25, -0.2) is 4.57 Å². The molecule has 0 spiro atoms. The largest absolute Gasteiger partial charge is 1.00 e. The average molecular weight is 665 g/mol. The van der Waals surface area contributed by atoms with Crippen LogP contribution in [0, 0.1) is 0 Å². The molecule has 0 bridgehead atoms. The van der Waals surface area contributed by atoms with Crippen LogP contribution in [0.3, 0.4) is 0 Å². The summed E-state index contributed by atoms with van der Waals surface area (Å²) in [5.74, 6) is 0.853. The van der Waals surface area contributed by atoms with E-state index in [1.165, 1.54) is 83.5 Å². The lowest BCUT2D eigenvalue weighted by Crippen LogP contribution is -3.00. The smallest absolute Gasteiger partial charge is 0.251 e. The van der Waals surface area contributed by atoms with E-state index < -0.39 is 0 Å². The number of unbranched alkanes of at least 4 members (excludes halogenated alkanes) is 13. The Bertz CT molecular complexity index is 955. The maximum atomic E-state index is 13.0. The molecule has 4 nitrogen and oxygen atoms in total. The molecule has 226 valence electrons. The molecule has 0 aliphatic rings. The highest BCUT2D eigenvalue weighted by Gasteiger charge is 2.21. The number of carbonyl (C=O) groups is 1. The fraction of sp³-hybridized carbons (Fsp3) is 0.657. The molecule has 1 aromatic heterocycles. The normalized spacial score (nSPS) is 11.2. The number of hydrogen-bond acceptors (Lipinski definition) is 2. The maximum Gasteiger partial charge on any atom is 0.251 e. The van der Waals surface area contributed by atoms with Gasteiger partial charge in [0.05, 0.1) is 6.61 Å². The minimum Gasteiger partial charge on any atom is -1.00 e. The lowest BCUT2D eigenvalue weighted by atomic mass is 9.85. The Morgan fingerprint density at radius 1 is 0.800 bits per heavy atom. The molecule has 2 rings (SSSR count). The second-order valence-electron chi connectivity index (χ2n) is 12.1. The Labute approximate surface area is 263 Å². The van der Waals surface area contributed by atoms with Crippen molar-refractivity contribution in [3.05, 3.63) is 59.4 Å². The second-order valence-corrected chi connectivity index (χ2v) is 12.1. The van der Waals surface area contributed by atoms with E-state index >= 15 is 0 Å². The number of carbonyl (C=O) groups excluding carboxylic acids is 1. The fourth-order valence-corrected chi connectivity index (χ4v) is 5.12. The highest BCUT2D eigenvalue weighted by atomic mass is 127. The third-order valence-electron chi connectivity index (χ3n) is 7.61. The third kappa shape index (κ3) is 14.3. The Morgan fingerprint density at radius 3 is 1.93 bits per heavy atom. The van der Waals surface area contributed by atoms with Crippen LogP contribution in [0.5, 0.6) is 5.75 Å². The molecule has 0 unspecified atom stereocenters. The number of aromatic nitrogens is 1. The number of aryl methyl sites for hydroxylation is 1. The third-order valence-corrected chi connectivity index (χ3v) is 7.61. The number of halogens is 1. The van der Waals surface area contributed by atoms with E-state index in [-0.39, 0.29) is 35.3 Å². The Morgan fingerprint density at radius 2 is 1.38 bits per heavy atom. The highest BCUT2D eigenvalue weighted by Crippen LogP contribution is 2.32. The number of hydrogen-bond donors (Lipinski definition) is 1. The van der Waals surface area contributed by atoms with Gasteiger partial charge in [0.15, 0.2) is 6.20 Å². The van der Waals surface area contributed by atoms with Crippen LogP contribution in [0.1, 0.15) is 146 Å². The first-order valence-corrected chi connectivity index (χ1v) is 15.9. The van der Waals surface area contributed by atoms with Crippen molar-refractivity contribution in [2.75, 3.05) is 6.61 Å². The number of rotatable bonds is 20. The SMILES string of the molecule is CCCCCCCCCCCCCCCCOc1ccc(C(=O)NCc2cccc[n+]2CC)cc1C(C)(C)C.[I-]. The summed E-state index contributed by atoms with van der Waals surface area (Å²) in [6, 6.07) is 12.0. The van der Waals surface area contributed by atoms with Crippen molar-refractivity contribution in [3.63, 3.8) is 0 Å². The lowest BCUT2D eigenvalue weighted by Gasteiger charge is -2.23. The van der Waals surface area contributed by atoms with E-state index in [0.717, 1.165) is 36.6 Å². The number of pyridine rings is 1. The monoisotopic (exact) mass is 664 g/mol. The first-order valence-electron chi connectivity index (χ1n) is 15.9. The van der Waals surface area contributed by atoms with E-state index in [1.54, 1.807) is 0 Å². The van der Waals surface area contributed by atoms with Crippen molar-refractivity contribution in [3.8, 4) is 5.75 Å².